The second kappa shape index (κ2) is 5.45. The van der Waals surface area contributed by atoms with Crippen LogP contribution in [0.15, 0.2) is 18.2 Å². The summed E-state index contributed by atoms with van der Waals surface area (Å²) in [6.07, 6.45) is 3.01. The van der Waals surface area contributed by atoms with Crippen LogP contribution in [0.5, 0.6) is 0 Å². The third kappa shape index (κ3) is 2.52. The first-order valence-electron chi connectivity index (χ1n) is 7.25. The molecule has 3 rings (SSSR count). The van der Waals surface area contributed by atoms with Gasteiger partial charge in [0.25, 0.3) is 0 Å². The van der Waals surface area contributed by atoms with Crippen LogP contribution in [0.2, 0.25) is 0 Å². The lowest BCUT2D eigenvalue weighted by Gasteiger charge is -2.29. The van der Waals surface area contributed by atoms with Crippen molar-refractivity contribution < 1.29 is 14.3 Å². The predicted molar refractivity (Wildman–Crippen MR) is 73.7 cm³/mol. The highest BCUT2D eigenvalue weighted by Crippen LogP contribution is 2.48. The summed E-state index contributed by atoms with van der Waals surface area (Å²) < 4.78 is 13.3. The number of halogens is 1. The Balaban J connectivity index is 1.74. The Morgan fingerprint density at radius 1 is 1.43 bits per heavy atom. The SMILES string of the molecule is N#Cc1ccc(F)cc1CNC1C2CCC(C2)C1C(=O)O. The molecule has 2 N–H and O–H groups in total. The Hall–Kier alpha value is -1.93. The first-order chi connectivity index (χ1) is 10.1. The van der Waals surface area contributed by atoms with E-state index in [4.69, 9.17) is 5.26 Å². The summed E-state index contributed by atoms with van der Waals surface area (Å²) in [5, 5.41) is 21.7. The van der Waals surface area contributed by atoms with Gasteiger partial charge in [-0.25, -0.2) is 4.39 Å². The van der Waals surface area contributed by atoms with E-state index in [0.717, 1.165) is 19.3 Å². The van der Waals surface area contributed by atoms with E-state index in [-0.39, 0.29) is 23.7 Å². The molecule has 2 bridgehead atoms. The van der Waals surface area contributed by atoms with E-state index in [1.54, 1.807) is 0 Å². The van der Waals surface area contributed by atoms with Crippen LogP contribution in [0.1, 0.15) is 30.4 Å². The molecule has 1 aromatic carbocycles. The number of nitrogens with one attached hydrogen (secondary N) is 1. The highest BCUT2D eigenvalue weighted by molar-refractivity contribution is 5.72. The summed E-state index contributed by atoms with van der Waals surface area (Å²) >= 11 is 0. The van der Waals surface area contributed by atoms with Crippen LogP contribution in [0.4, 0.5) is 4.39 Å². The number of rotatable bonds is 4. The second-order valence-corrected chi connectivity index (χ2v) is 6.02. The van der Waals surface area contributed by atoms with Crippen LogP contribution >= 0.6 is 0 Å². The van der Waals surface area contributed by atoms with E-state index in [9.17, 15) is 14.3 Å². The Bertz CT molecular complexity index is 611. The van der Waals surface area contributed by atoms with Gasteiger partial charge >= 0.3 is 5.97 Å². The summed E-state index contributed by atoms with van der Waals surface area (Å²) in [6, 6.07) is 6.04. The third-order valence-corrected chi connectivity index (χ3v) is 4.92. The minimum atomic E-state index is -0.751. The lowest BCUT2D eigenvalue weighted by molar-refractivity contribution is -0.144. The molecule has 4 nitrogen and oxygen atoms in total. The van der Waals surface area contributed by atoms with Gasteiger partial charge in [0.15, 0.2) is 0 Å². The Morgan fingerprint density at radius 2 is 2.19 bits per heavy atom. The maximum atomic E-state index is 13.3. The van der Waals surface area contributed by atoms with Gasteiger partial charge < -0.3 is 10.4 Å². The molecule has 4 unspecified atom stereocenters. The van der Waals surface area contributed by atoms with Crippen molar-refractivity contribution in [3.05, 3.63) is 35.1 Å². The van der Waals surface area contributed by atoms with Crippen molar-refractivity contribution in [3.8, 4) is 6.07 Å². The average molecular weight is 288 g/mol. The zero-order chi connectivity index (χ0) is 15.0. The van der Waals surface area contributed by atoms with Crippen LogP contribution in [-0.2, 0) is 11.3 Å². The summed E-state index contributed by atoms with van der Waals surface area (Å²) in [4.78, 5) is 11.4. The fourth-order valence-electron chi connectivity index (χ4n) is 3.99. The van der Waals surface area contributed by atoms with Crippen molar-refractivity contribution in [2.24, 2.45) is 17.8 Å². The molecule has 2 aliphatic carbocycles. The van der Waals surface area contributed by atoms with Crippen LogP contribution in [0.3, 0.4) is 0 Å². The number of benzene rings is 1. The Labute approximate surface area is 122 Å². The van der Waals surface area contributed by atoms with E-state index >= 15 is 0 Å². The molecule has 0 heterocycles. The van der Waals surface area contributed by atoms with Gasteiger partial charge in [0.1, 0.15) is 5.82 Å². The van der Waals surface area contributed by atoms with Crippen LogP contribution < -0.4 is 5.32 Å². The molecule has 0 spiro atoms. The number of carboxylic acids is 1. The molecule has 2 aliphatic rings. The van der Waals surface area contributed by atoms with E-state index in [1.807, 2.05) is 6.07 Å². The first kappa shape index (κ1) is 14.0. The summed E-state index contributed by atoms with van der Waals surface area (Å²) in [6.45, 7) is 0.332. The molecule has 0 aliphatic heterocycles. The summed E-state index contributed by atoms with van der Waals surface area (Å²) in [5.41, 5.74) is 1.02. The molecule has 2 saturated carbocycles. The summed E-state index contributed by atoms with van der Waals surface area (Å²) in [7, 11) is 0. The maximum Gasteiger partial charge on any atom is 0.308 e. The number of carboxylic acid groups (broad SMARTS) is 1. The number of aliphatic carboxylic acids is 1. The lowest BCUT2D eigenvalue weighted by atomic mass is 9.84. The van der Waals surface area contributed by atoms with Gasteiger partial charge in [0.05, 0.1) is 17.6 Å². The molecular formula is C16H17FN2O2. The lowest BCUT2D eigenvalue weighted by Crippen LogP contribution is -2.43. The van der Waals surface area contributed by atoms with Gasteiger partial charge in [-0.15, -0.1) is 0 Å². The van der Waals surface area contributed by atoms with Crippen molar-refractivity contribution in [2.75, 3.05) is 0 Å². The largest absolute Gasteiger partial charge is 0.481 e. The fourth-order valence-corrected chi connectivity index (χ4v) is 3.99. The van der Waals surface area contributed by atoms with Gasteiger partial charge in [-0.3, -0.25) is 4.79 Å². The molecule has 1 aromatic rings. The zero-order valence-electron chi connectivity index (χ0n) is 11.6. The number of carbonyl (C=O) groups is 1. The quantitative estimate of drug-likeness (QED) is 0.891. The smallest absolute Gasteiger partial charge is 0.308 e. The van der Waals surface area contributed by atoms with Crippen molar-refractivity contribution in [3.63, 3.8) is 0 Å². The van der Waals surface area contributed by atoms with Crippen molar-refractivity contribution in [1.82, 2.24) is 5.32 Å². The number of fused-ring (bicyclic) bond motifs is 2. The molecule has 0 saturated heterocycles. The average Bonchev–Trinajstić information content (AvgIpc) is 3.05. The van der Waals surface area contributed by atoms with Gasteiger partial charge in [-0.2, -0.15) is 5.26 Å². The third-order valence-electron chi connectivity index (χ3n) is 4.92. The molecule has 5 heteroatoms. The first-order valence-corrected chi connectivity index (χ1v) is 7.25. The van der Waals surface area contributed by atoms with Crippen molar-refractivity contribution in [2.45, 2.75) is 31.8 Å². The summed E-state index contributed by atoms with van der Waals surface area (Å²) in [5.74, 6) is -0.848. The van der Waals surface area contributed by atoms with Crippen molar-refractivity contribution in [1.29, 1.82) is 5.26 Å². The van der Waals surface area contributed by atoms with E-state index in [1.165, 1.54) is 18.2 Å². The molecule has 0 amide bonds. The number of hydrogen-bond acceptors (Lipinski definition) is 3. The molecule has 2 fully saturated rings. The van der Waals surface area contributed by atoms with Gasteiger partial charge in [0.2, 0.25) is 0 Å². The molecule has 0 radical (unpaired) electrons. The molecule has 21 heavy (non-hydrogen) atoms. The normalized spacial score (nSPS) is 30.3. The molecule has 0 aromatic heterocycles. The van der Waals surface area contributed by atoms with Crippen LogP contribution in [0.25, 0.3) is 0 Å². The topological polar surface area (TPSA) is 73.1 Å². The van der Waals surface area contributed by atoms with Gasteiger partial charge in [-0.1, -0.05) is 0 Å². The highest BCUT2D eigenvalue weighted by Gasteiger charge is 2.50. The highest BCUT2D eigenvalue weighted by atomic mass is 19.1. The van der Waals surface area contributed by atoms with Crippen LogP contribution in [0, 0.1) is 34.9 Å². The molecular weight excluding hydrogens is 271 g/mol. The van der Waals surface area contributed by atoms with Gasteiger partial charge in [-0.05, 0) is 54.9 Å². The Morgan fingerprint density at radius 3 is 2.90 bits per heavy atom. The van der Waals surface area contributed by atoms with E-state index < -0.39 is 5.97 Å². The number of nitriles is 1. The standard InChI is InChI=1S/C16H17FN2O2/c17-13-4-3-11(7-18)12(6-13)8-19-15-10-2-1-9(5-10)14(15)16(20)21/h3-4,6,9-10,14-15,19H,1-2,5,8H2,(H,20,21). The Kier molecular flexibility index (Phi) is 3.64. The van der Waals surface area contributed by atoms with E-state index in [0.29, 0.717) is 23.6 Å². The zero-order valence-corrected chi connectivity index (χ0v) is 11.6. The second-order valence-electron chi connectivity index (χ2n) is 6.02. The fraction of sp³-hybridized carbons (Fsp3) is 0.500. The van der Waals surface area contributed by atoms with Crippen LogP contribution in [-0.4, -0.2) is 17.1 Å². The number of hydrogen-bond donors (Lipinski definition) is 2. The molecule has 110 valence electrons. The van der Waals surface area contributed by atoms with Gasteiger partial charge in [0, 0.05) is 12.6 Å². The number of nitrogens with zero attached hydrogens (tertiary/aromatic N) is 1. The monoisotopic (exact) mass is 288 g/mol. The minimum Gasteiger partial charge on any atom is -0.481 e. The minimum absolute atomic E-state index is 0.0731. The predicted octanol–water partition coefficient (Wildman–Crippen LogP) is 2.29. The molecule has 4 atom stereocenters. The van der Waals surface area contributed by atoms with Crippen molar-refractivity contribution >= 4 is 5.97 Å². The van der Waals surface area contributed by atoms with E-state index in [2.05, 4.69) is 5.32 Å². The maximum absolute atomic E-state index is 13.3.